The third-order valence-electron chi connectivity index (χ3n) is 4.76. The van der Waals surface area contributed by atoms with Crippen LogP contribution < -0.4 is 0 Å². The summed E-state index contributed by atoms with van der Waals surface area (Å²) in [6.07, 6.45) is 0.520. The number of phenols is 1. The molecule has 1 aliphatic rings. The van der Waals surface area contributed by atoms with Crippen molar-refractivity contribution < 1.29 is 28.9 Å². The molecule has 1 saturated heterocycles. The molecule has 2 N–H and O–H groups in total. The topological polar surface area (TPSA) is 87.1 Å². The Morgan fingerprint density at radius 1 is 1.10 bits per heavy atom. The summed E-state index contributed by atoms with van der Waals surface area (Å²) in [6, 6.07) is 10.3. The highest BCUT2D eigenvalue weighted by atomic mass is 19.1. The van der Waals surface area contributed by atoms with Crippen molar-refractivity contribution in [2.24, 2.45) is 0 Å². The van der Waals surface area contributed by atoms with Gasteiger partial charge in [0.15, 0.2) is 0 Å². The van der Waals surface area contributed by atoms with Crippen molar-refractivity contribution >= 4 is 17.4 Å². The molecule has 1 amide bonds. The predicted octanol–water partition coefficient (Wildman–Crippen LogP) is 3.38. The molecule has 0 radical (unpaired) electrons. The van der Waals surface area contributed by atoms with Gasteiger partial charge in [0.05, 0.1) is 11.6 Å². The molecule has 0 spiro atoms. The van der Waals surface area contributed by atoms with E-state index < -0.39 is 23.5 Å². The first-order chi connectivity index (χ1) is 13.9. The Morgan fingerprint density at radius 3 is 2.38 bits per heavy atom. The number of ether oxygens (including phenoxy) is 1. The zero-order valence-electron chi connectivity index (χ0n) is 16.0. The molecule has 7 heteroatoms. The van der Waals surface area contributed by atoms with Crippen LogP contribution in [-0.4, -0.2) is 46.6 Å². The molecule has 1 unspecified atom stereocenters. The highest BCUT2D eigenvalue weighted by Crippen LogP contribution is 2.39. The number of carbonyl (C=O) groups excluding carboxylic acids is 2. The molecule has 6 nitrogen and oxygen atoms in total. The van der Waals surface area contributed by atoms with Crippen LogP contribution in [0.3, 0.4) is 0 Å². The number of aliphatic hydroxyl groups excluding tert-OH is 1. The minimum absolute atomic E-state index is 0.0422. The number of nitrogens with zero attached hydrogens (tertiary/aromatic N) is 1. The summed E-state index contributed by atoms with van der Waals surface area (Å²) in [5, 5.41) is 20.4. The second kappa shape index (κ2) is 8.87. The number of phenolic OH excluding ortho intramolecular Hbond substituents is 1. The Labute approximate surface area is 167 Å². The number of carbonyl (C=O) groups is 2. The van der Waals surface area contributed by atoms with Gasteiger partial charge in [-0.05, 0) is 55.3 Å². The van der Waals surface area contributed by atoms with Crippen LogP contribution in [0, 0.1) is 5.82 Å². The van der Waals surface area contributed by atoms with E-state index in [1.165, 1.54) is 41.3 Å². The van der Waals surface area contributed by atoms with Gasteiger partial charge < -0.3 is 19.8 Å². The van der Waals surface area contributed by atoms with Crippen LogP contribution in [0.4, 0.5) is 4.39 Å². The first-order valence-corrected chi connectivity index (χ1v) is 9.35. The fourth-order valence-electron chi connectivity index (χ4n) is 3.36. The van der Waals surface area contributed by atoms with Gasteiger partial charge in [-0.2, -0.15) is 0 Å². The number of hydrogen-bond donors (Lipinski definition) is 2. The van der Waals surface area contributed by atoms with E-state index in [9.17, 15) is 24.2 Å². The fraction of sp³-hybridized carbons (Fsp3) is 0.273. The summed E-state index contributed by atoms with van der Waals surface area (Å²) < 4.78 is 18.6. The zero-order valence-corrected chi connectivity index (χ0v) is 16.0. The number of benzene rings is 2. The molecule has 0 aliphatic carbocycles. The number of aliphatic hydroxyl groups is 1. The van der Waals surface area contributed by atoms with E-state index in [-0.39, 0.29) is 29.2 Å². The van der Waals surface area contributed by atoms with Gasteiger partial charge in [0.25, 0.3) is 11.7 Å². The summed E-state index contributed by atoms with van der Waals surface area (Å²) in [7, 11) is 0. The molecule has 3 rings (SSSR count). The molecule has 29 heavy (non-hydrogen) atoms. The van der Waals surface area contributed by atoms with Crippen LogP contribution in [0.25, 0.3) is 5.76 Å². The Kier molecular flexibility index (Phi) is 6.29. The maximum atomic E-state index is 13.2. The van der Waals surface area contributed by atoms with Gasteiger partial charge in [-0.25, -0.2) is 4.39 Å². The normalized spacial score (nSPS) is 18.4. The molecule has 1 fully saturated rings. The molecule has 1 heterocycles. The van der Waals surface area contributed by atoms with Gasteiger partial charge in [0, 0.05) is 25.3 Å². The molecule has 1 aliphatic heterocycles. The maximum absolute atomic E-state index is 13.2. The number of Topliss-reactive ketones (excluding diaryl/α,β-unsaturated/α-hetero) is 1. The number of aromatic hydroxyl groups is 1. The first kappa shape index (κ1) is 20.5. The molecule has 0 saturated carbocycles. The standard InChI is InChI=1S/C22H22FNO5/c1-2-29-13-3-12-24-19(14-6-10-17(25)11-7-14)18(21(27)22(24)28)20(26)15-4-8-16(23)9-5-15/h4-11,19,25-26H,2-3,12-13H2,1H3. The minimum atomic E-state index is -0.817. The second-order valence-electron chi connectivity index (χ2n) is 6.64. The SMILES string of the molecule is CCOCCCN1C(=O)C(=O)C(=C(O)c2ccc(F)cc2)C1c1ccc(O)cc1. The third-order valence-corrected chi connectivity index (χ3v) is 4.76. The van der Waals surface area contributed by atoms with Crippen molar-refractivity contribution in [1.82, 2.24) is 4.90 Å². The van der Waals surface area contributed by atoms with Gasteiger partial charge >= 0.3 is 0 Å². The van der Waals surface area contributed by atoms with E-state index in [1.807, 2.05) is 6.92 Å². The van der Waals surface area contributed by atoms with Crippen molar-refractivity contribution in [3.8, 4) is 5.75 Å². The van der Waals surface area contributed by atoms with Gasteiger partial charge in [0.1, 0.15) is 17.3 Å². The van der Waals surface area contributed by atoms with E-state index in [0.717, 1.165) is 0 Å². The van der Waals surface area contributed by atoms with E-state index in [0.29, 0.717) is 25.2 Å². The van der Waals surface area contributed by atoms with Gasteiger partial charge in [-0.3, -0.25) is 9.59 Å². The lowest BCUT2D eigenvalue weighted by molar-refractivity contribution is -0.140. The molecule has 2 aromatic carbocycles. The molecular formula is C22H22FNO5. The number of ketones is 1. The lowest BCUT2D eigenvalue weighted by Gasteiger charge is -2.25. The number of hydrogen-bond acceptors (Lipinski definition) is 5. The summed E-state index contributed by atoms with van der Waals surface area (Å²) >= 11 is 0. The fourth-order valence-corrected chi connectivity index (χ4v) is 3.36. The van der Waals surface area contributed by atoms with Crippen LogP contribution >= 0.6 is 0 Å². The predicted molar refractivity (Wildman–Crippen MR) is 105 cm³/mol. The molecule has 1 atom stereocenters. The lowest BCUT2D eigenvalue weighted by Crippen LogP contribution is -2.31. The van der Waals surface area contributed by atoms with Crippen LogP contribution in [0.15, 0.2) is 54.1 Å². The third kappa shape index (κ3) is 4.30. The number of rotatable bonds is 7. The second-order valence-corrected chi connectivity index (χ2v) is 6.64. The molecule has 152 valence electrons. The largest absolute Gasteiger partial charge is 0.508 e. The molecule has 0 aromatic heterocycles. The van der Waals surface area contributed by atoms with E-state index >= 15 is 0 Å². The van der Waals surface area contributed by atoms with Crippen LogP contribution in [0.5, 0.6) is 5.75 Å². The van der Waals surface area contributed by atoms with Crippen molar-refractivity contribution in [2.75, 3.05) is 19.8 Å². The average molecular weight is 399 g/mol. The van der Waals surface area contributed by atoms with Gasteiger partial charge in [0.2, 0.25) is 0 Å². The van der Waals surface area contributed by atoms with E-state index in [1.54, 1.807) is 12.1 Å². The Bertz CT molecular complexity index is 921. The summed E-state index contributed by atoms with van der Waals surface area (Å²) in [4.78, 5) is 26.9. The highest BCUT2D eigenvalue weighted by Gasteiger charge is 2.45. The first-order valence-electron chi connectivity index (χ1n) is 9.35. The molecular weight excluding hydrogens is 377 g/mol. The monoisotopic (exact) mass is 399 g/mol. The Hall–Kier alpha value is -3.19. The maximum Gasteiger partial charge on any atom is 0.295 e. The van der Waals surface area contributed by atoms with Crippen LogP contribution in [0.2, 0.25) is 0 Å². The van der Waals surface area contributed by atoms with E-state index in [4.69, 9.17) is 4.74 Å². The Balaban J connectivity index is 2.05. The summed E-state index contributed by atoms with van der Waals surface area (Å²) in [5.74, 6) is -2.33. The van der Waals surface area contributed by atoms with Crippen LogP contribution in [0.1, 0.15) is 30.5 Å². The van der Waals surface area contributed by atoms with Gasteiger partial charge in [-0.1, -0.05) is 12.1 Å². The van der Waals surface area contributed by atoms with Crippen molar-refractivity contribution in [3.63, 3.8) is 0 Å². The van der Waals surface area contributed by atoms with Gasteiger partial charge in [-0.15, -0.1) is 0 Å². The smallest absolute Gasteiger partial charge is 0.295 e. The molecule has 2 aromatic rings. The van der Waals surface area contributed by atoms with Crippen molar-refractivity contribution in [1.29, 1.82) is 0 Å². The lowest BCUT2D eigenvalue weighted by atomic mass is 9.95. The van der Waals surface area contributed by atoms with E-state index in [2.05, 4.69) is 0 Å². The Morgan fingerprint density at radius 2 is 1.76 bits per heavy atom. The quantitative estimate of drug-likeness (QED) is 0.323. The number of likely N-dealkylation sites (tertiary alicyclic amines) is 1. The molecule has 0 bridgehead atoms. The van der Waals surface area contributed by atoms with Crippen molar-refractivity contribution in [2.45, 2.75) is 19.4 Å². The number of amides is 1. The van der Waals surface area contributed by atoms with Crippen LogP contribution in [-0.2, 0) is 14.3 Å². The summed E-state index contributed by atoms with van der Waals surface area (Å²) in [5.41, 5.74) is 0.744. The average Bonchev–Trinajstić information content (AvgIpc) is 2.96. The minimum Gasteiger partial charge on any atom is -0.508 e. The van der Waals surface area contributed by atoms with Crippen molar-refractivity contribution in [3.05, 3.63) is 71.0 Å². The zero-order chi connectivity index (χ0) is 21.0. The number of halogens is 1. The summed E-state index contributed by atoms with van der Waals surface area (Å²) in [6.45, 7) is 3.10. The highest BCUT2D eigenvalue weighted by molar-refractivity contribution is 6.46.